The van der Waals surface area contributed by atoms with Crippen LogP contribution in [0.1, 0.15) is 0 Å². The van der Waals surface area contributed by atoms with Crippen molar-refractivity contribution in [2.75, 3.05) is 25.3 Å². The number of halogens is 1. The summed E-state index contributed by atoms with van der Waals surface area (Å²) in [5.41, 5.74) is 0. The largest absolute Gasteiger partial charge is 0.468 e. The SMILES string of the molecule is COC(=O)CNC(=O)C1CSCN1.Cl. The Hall–Kier alpha value is -0.460. The number of rotatable bonds is 3. The molecule has 1 fully saturated rings. The molecule has 0 aromatic rings. The van der Waals surface area contributed by atoms with Crippen LogP contribution in [0.5, 0.6) is 0 Å². The molecule has 1 aliphatic rings. The summed E-state index contributed by atoms with van der Waals surface area (Å²) in [6.07, 6.45) is 0. The van der Waals surface area contributed by atoms with E-state index in [1.807, 2.05) is 0 Å². The molecule has 1 unspecified atom stereocenters. The van der Waals surface area contributed by atoms with Gasteiger partial charge in [-0.3, -0.25) is 14.9 Å². The average Bonchev–Trinajstić information content (AvgIpc) is 2.66. The molecule has 1 saturated heterocycles. The lowest BCUT2D eigenvalue weighted by molar-refractivity contribution is -0.141. The summed E-state index contributed by atoms with van der Waals surface area (Å²) in [5, 5.41) is 5.48. The van der Waals surface area contributed by atoms with Gasteiger partial charge >= 0.3 is 5.97 Å². The van der Waals surface area contributed by atoms with Crippen LogP contribution in [0.4, 0.5) is 0 Å². The lowest BCUT2D eigenvalue weighted by atomic mass is 10.3. The number of amides is 1. The summed E-state index contributed by atoms with van der Waals surface area (Å²) >= 11 is 1.66. The number of ether oxygens (including phenoxy) is 1. The van der Waals surface area contributed by atoms with Crippen molar-refractivity contribution in [3.8, 4) is 0 Å². The van der Waals surface area contributed by atoms with E-state index in [-0.39, 0.29) is 30.9 Å². The second-order valence-electron chi connectivity index (χ2n) is 2.57. The van der Waals surface area contributed by atoms with Gasteiger partial charge in [-0.15, -0.1) is 24.2 Å². The first kappa shape index (κ1) is 13.5. The number of hydrogen-bond acceptors (Lipinski definition) is 5. The summed E-state index contributed by atoms with van der Waals surface area (Å²) < 4.78 is 4.38. The zero-order valence-electron chi connectivity index (χ0n) is 7.74. The van der Waals surface area contributed by atoms with E-state index >= 15 is 0 Å². The summed E-state index contributed by atoms with van der Waals surface area (Å²) in [7, 11) is 1.29. The highest BCUT2D eigenvalue weighted by Gasteiger charge is 2.22. The molecule has 0 saturated carbocycles. The zero-order valence-corrected chi connectivity index (χ0v) is 9.37. The van der Waals surface area contributed by atoms with Crippen molar-refractivity contribution in [1.82, 2.24) is 10.6 Å². The smallest absolute Gasteiger partial charge is 0.325 e. The third-order valence-electron chi connectivity index (χ3n) is 1.67. The number of carbonyl (C=O) groups is 2. The van der Waals surface area contributed by atoms with Crippen LogP contribution in [0.2, 0.25) is 0 Å². The summed E-state index contributed by atoms with van der Waals surface area (Å²) in [6.45, 7) is -0.0574. The highest BCUT2D eigenvalue weighted by atomic mass is 35.5. The summed E-state index contributed by atoms with van der Waals surface area (Å²) in [4.78, 5) is 21.9. The Balaban J connectivity index is 0.00000169. The number of esters is 1. The predicted molar refractivity (Wildman–Crippen MR) is 56.5 cm³/mol. The van der Waals surface area contributed by atoms with E-state index in [9.17, 15) is 9.59 Å². The average molecular weight is 241 g/mol. The van der Waals surface area contributed by atoms with Gasteiger partial charge in [0.25, 0.3) is 0 Å². The van der Waals surface area contributed by atoms with E-state index in [0.29, 0.717) is 0 Å². The fourth-order valence-electron chi connectivity index (χ4n) is 0.918. The van der Waals surface area contributed by atoms with Crippen LogP contribution in [-0.4, -0.2) is 43.2 Å². The van der Waals surface area contributed by atoms with Crippen LogP contribution in [0, 0.1) is 0 Å². The molecule has 0 aliphatic carbocycles. The van der Waals surface area contributed by atoms with Crippen LogP contribution in [-0.2, 0) is 14.3 Å². The number of methoxy groups -OCH3 is 1. The first-order valence-electron chi connectivity index (χ1n) is 3.89. The maximum atomic E-state index is 11.3. The molecule has 5 nitrogen and oxygen atoms in total. The summed E-state index contributed by atoms with van der Waals surface area (Å²) in [6, 6.07) is -0.172. The Labute approximate surface area is 92.7 Å². The van der Waals surface area contributed by atoms with E-state index in [1.165, 1.54) is 7.11 Å². The quantitative estimate of drug-likeness (QED) is 0.643. The molecule has 0 aromatic heterocycles. The zero-order chi connectivity index (χ0) is 9.68. The van der Waals surface area contributed by atoms with E-state index in [1.54, 1.807) is 11.8 Å². The van der Waals surface area contributed by atoms with Crippen LogP contribution >= 0.6 is 24.2 Å². The molecule has 7 heteroatoms. The maximum absolute atomic E-state index is 11.3. The van der Waals surface area contributed by atoms with Gasteiger partial charge in [0.05, 0.1) is 13.2 Å². The Morgan fingerprint density at radius 2 is 2.36 bits per heavy atom. The van der Waals surface area contributed by atoms with Gasteiger partial charge in [0.15, 0.2) is 0 Å². The standard InChI is InChI=1S/C7H12N2O3S.ClH/c1-12-6(10)2-8-7(11)5-3-13-4-9-5;/h5,9H,2-4H2,1H3,(H,8,11);1H. The molecule has 2 N–H and O–H groups in total. The molecule has 1 heterocycles. The molecular weight excluding hydrogens is 228 g/mol. The minimum Gasteiger partial charge on any atom is -0.468 e. The van der Waals surface area contributed by atoms with Crippen LogP contribution in [0.25, 0.3) is 0 Å². The second kappa shape index (κ2) is 6.92. The van der Waals surface area contributed by atoms with E-state index in [4.69, 9.17) is 0 Å². The second-order valence-corrected chi connectivity index (χ2v) is 3.60. The van der Waals surface area contributed by atoms with Crippen molar-refractivity contribution >= 4 is 36.0 Å². The topological polar surface area (TPSA) is 67.4 Å². The first-order valence-corrected chi connectivity index (χ1v) is 5.05. The Morgan fingerprint density at radius 3 is 2.86 bits per heavy atom. The molecular formula is C7H13ClN2O3S. The third kappa shape index (κ3) is 4.17. The van der Waals surface area contributed by atoms with Crippen LogP contribution < -0.4 is 10.6 Å². The van der Waals surface area contributed by atoms with Gasteiger partial charge in [0, 0.05) is 11.6 Å². The lowest BCUT2D eigenvalue weighted by Gasteiger charge is -2.08. The van der Waals surface area contributed by atoms with Gasteiger partial charge in [-0.1, -0.05) is 0 Å². The molecule has 1 rings (SSSR count). The molecule has 1 amide bonds. The van der Waals surface area contributed by atoms with Crippen LogP contribution in [0.3, 0.4) is 0 Å². The molecule has 0 aromatic carbocycles. The highest BCUT2D eigenvalue weighted by Crippen LogP contribution is 2.08. The summed E-state index contributed by atoms with van der Waals surface area (Å²) in [5.74, 6) is 0.970. The Morgan fingerprint density at radius 1 is 1.64 bits per heavy atom. The van der Waals surface area contributed by atoms with E-state index in [2.05, 4.69) is 15.4 Å². The highest BCUT2D eigenvalue weighted by molar-refractivity contribution is 7.99. The van der Waals surface area contributed by atoms with Crippen molar-refractivity contribution in [1.29, 1.82) is 0 Å². The van der Waals surface area contributed by atoms with E-state index in [0.717, 1.165) is 11.6 Å². The van der Waals surface area contributed by atoms with Crippen molar-refractivity contribution in [2.24, 2.45) is 0 Å². The number of thioether (sulfide) groups is 1. The van der Waals surface area contributed by atoms with Crippen molar-refractivity contribution in [3.63, 3.8) is 0 Å². The van der Waals surface area contributed by atoms with Gasteiger partial charge in [-0.05, 0) is 0 Å². The number of nitrogens with one attached hydrogen (secondary N) is 2. The van der Waals surface area contributed by atoms with Gasteiger partial charge < -0.3 is 10.1 Å². The van der Waals surface area contributed by atoms with Crippen molar-refractivity contribution in [2.45, 2.75) is 6.04 Å². The molecule has 14 heavy (non-hydrogen) atoms. The molecule has 1 atom stereocenters. The molecule has 0 spiro atoms. The monoisotopic (exact) mass is 240 g/mol. The van der Waals surface area contributed by atoms with Gasteiger partial charge in [-0.2, -0.15) is 0 Å². The predicted octanol–water partition coefficient (Wildman–Crippen LogP) is -0.640. The molecule has 82 valence electrons. The minimum absolute atomic E-state index is 0. The van der Waals surface area contributed by atoms with Crippen LogP contribution in [0.15, 0.2) is 0 Å². The van der Waals surface area contributed by atoms with Gasteiger partial charge in [0.2, 0.25) is 5.91 Å². The molecule has 0 bridgehead atoms. The van der Waals surface area contributed by atoms with Crippen molar-refractivity contribution in [3.05, 3.63) is 0 Å². The first-order chi connectivity index (χ1) is 6.24. The van der Waals surface area contributed by atoms with Crippen molar-refractivity contribution < 1.29 is 14.3 Å². The van der Waals surface area contributed by atoms with Gasteiger partial charge in [-0.25, -0.2) is 0 Å². The molecule has 0 radical (unpaired) electrons. The normalized spacial score (nSPS) is 19.6. The van der Waals surface area contributed by atoms with Gasteiger partial charge in [0.1, 0.15) is 6.54 Å². The fourth-order valence-corrected chi connectivity index (χ4v) is 1.86. The third-order valence-corrected chi connectivity index (χ3v) is 2.61. The number of hydrogen-bond donors (Lipinski definition) is 2. The number of carbonyl (C=O) groups excluding carboxylic acids is 2. The van der Waals surface area contributed by atoms with E-state index < -0.39 is 5.97 Å². The maximum Gasteiger partial charge on any atom is 0.325 e. The Kier molecular flexibility index (Phi) is 6.69. The lowest BCUT2D eigenvalue weighted by Crippen LogP contribution is -2.43. The fraction of sp³-hybridized carbons (Fsp3) is 0.714. The Bertz CT molecular complexity index is 209. The minimum atomic E-state index is -0.431. The molecule has 1 aliphatic heterocycles.